The molecule has 3 rings (SSSR count). The molecule has 2 aromatic rings. The van der Waals surface area contributed by atoms with E-state index in [4.69, 9.17) is 10.00 Å². The van der Waals surface area contributed by atoms with Crippen molar-refractivity contribution in [2.24, 2.45) is 11.8 Å². The molecule has 142 valence electrons. The van der Waals surface area contributed by atoms with E-state index in [1.807, 2.05) is 11.4 Å². The molecule has 1 aromatic carbocycles. The summed E-state index contributed by atoms with van der Waals surface area (Å²) < 4.78 is 5.44. The molecule has 0 bridgehead atoms. The summed E-state index contributed by atoms with van der Waals surface area (Å²) in [7, 11) is 0. The molecule has 7 heteroatoms. The second kappa shape index (κ2) is 8.98. The Morgan fingerprint density at radius 2 is 2.04 bits per heavy atom. The number of carbonyl (C=O) groups is 1. The van der Waals surface area contributed by atoms with Gasteiger partial charge in [-0.2, -0.15) is 5.26 Å². The number of rotatable bonds is 6. The van der Waals surface area contributed by atoms with E-state index in [0.717, 1.165) is 25.3 Å². The van der Waals surface area contributed by atoms with Crippen LogP contribution >= 0.6 is 11.3 Å². The predicted molar refractivity (Wildman–Crippen MR) is 106 cm³/mol. The zero-order valence-electron chi connectivity index (χ0n) is 15.6. The zero-order valence-corrected chi connectivity index (χ0v) is 16.5. The van der Waals surface area contributed by atoms with Crippen LogP contribution in [-0.2, 0) is 11.3 Å². The number of hydrogen-bond donors (Lipinski definition) is 1. The van der Waals surface area contributed by atoms with Crippen molar-refractivity contribution in [1.29, 1.82) is 5.26 Å². The van der Waals surface area contributed by atoms with Crippen molar-refractivity contribution in [2.45, 2.75) is 26.8 Å². The number of nitrogens with one attached hydrogen (secondary N) is 1. The molecule has 1 fully saturated rings. The van der Waals surface area contributed by atoms with Crippen molar-refractivity contribution < 1.29 is 9.53 Å². The Balaban J connectivity index is 1.46. The van der Waals surface area contributed by atoms with Crippen LogP contribution in [0.1, 0.15) is 31.5 Å². The van der Waals surface area contributed by atoms with E-state index in [1.54, 1.807) is 24.3 Å². The van der Waals surface area contributed by atoms with Gasteiger partial charge in [0, 0.05) is 25.0 Å². The fourth-order valence-corrected chi connectivity index (χ4v) is 4.23. The number of anilines is 1. The molecule has 6 nitrogen and oxygen atoms in total. The monoisotopic (exact) mass is 384 g/mol. The highest BCUT2D eigenvalue weighted by atomic mass is 32.1. The number of piperidine rings is 1. The average molecular weight is 385 g/mol. The number of nitriles is 1. The quantitative estimate of drug-likeness (QED) is 0.824. The minimum atomic E-state index is -0.250. The van der Waals surface area contributed by atoms with Crippen molar-refractivity contribution >= 4 is 22.4 Å². The molecule has 1 N–H and O–H groups in total. The van der Waals surface area contributed by atoms with E-state index in [1.165, 1.54) is 17.8 Å². The maximum absolute atomic E-state index is 12.1. The number of aromatic nitrogens is 1. The van der Waals surface area contributed by atoms with Crippen molar-refractivity contribution in [2.75, 3.05) is 25.0 Å². The molecule has 1 saturated heterocycles. The Morgan fingerprint density at radius 1 is 1.33 bits per heavy atom. The van der Waals surface area contributed by atoms with Crippen LogP contribution < -0.4 is 10.1 Å². The first-order valence-electron chi connectivity index (χ1n) is 9.11. The summed E-state index contributed by atoms with van der Waals surface area (Å²) in [5.41, 5.74) is 1.55. The number of ether oxygens (including phenoxy) is 1. The zero-order chi connectivity index (χ0) is 19.2. The first-order valence-corrected chi connectivity index (χ1v) is 9.99. The van der Waals surface area contributed by atoms with E-state index in [0.29, 0.717) is 28.3 Å². The Kier molecular flexibility index (Phi) is 6.43. The van der Waals surface area contributed by atoms with Gasteiger partial charge in [0.05, 0.1) is 17.3 Å². The smallest absolute Gasteiger partial charge is 0.264 e. The van der Waals surface area contributed by atoms with Gasteiger partial charge in [-0.1, -0.05) is 13.8 Å². The molecule has 0 unspecified atom stereocenters. The Labute approximate surface area is 163 Å². The molecule has 0 spiro atoms. The molecular formula is C20H24N4O2S. The standard InChI is InChI=1S/C20H24N4O2S/c1-14-7-15(2)10-24(9-14)11-17-13-27-20(22-17)23-19(25)12-26-18-5-3-16(8-21)4-6-18/h3-6,13-15H,7,9-12H2,1-2H3,(H,22,23,25)/t14-,15-/m1/s1. The van der Waals surface area contributed by atoms with Crippen LogP contribution in [0.3, 0.4) is 0 Å². The van der Waals surface area contributed by atoms with E-state index in [-0.39, 0.29) is 12.5 Å². The van der Waals surface area contributed by atoms with Crippen LogP contribution in [0.2, 0.25) is 0 Å². The van der Waals surface area contributed by atoms with Gasteiger partial charge in [0.25, 0.3) is 5.91 Å². The first kappa shape index (κ1) is 19.3. The second-order valence-corrected chi connectivity index (χ2v) is 8.12. The van der Waals surface area contributed by atoms with Crippen LogP contribution in [0.5, 0.6) is 5.75 Å². The number of thiazole rings is 1. The molecule has 27 heavy (non-hydrogen) atoms. The van der Waals surface area contributed by atoms with Crippen LogP contribution in [0.25, 0.3) is 0 Å². The van der Waals surface area contributed by atoms with Gasteiger partial charge in [0.15, 0.2) is 11.7 Å². The lowest BCUT2D eigenvalue weighted by molar-refractivity contribution is -0.118. The molecule has 1 aromatic heterocycles. The summed E-state index contributed by atoms with van der Waals surface area (Å²) in [6.45, 7) is 7.52. The number of hydrogen-bond acceptors (Lipinski definition) is 6. The summed E-state index contributed by atoms with van der Waals surface area (Å²) in [6, 6.07) is 8.70. The van der Waals surface area contributed by atoms with Crippen molar-refractivity contribution in [3.05, 3.63) is 40.9 Å². The minimum Gasteiger partial charge on any atom is -0.484 e. The van der Waals surface area contributed by atoms with E-state index < -0.39 is 0 Å². The highest BCUT2D eigenvalue weighted by Crippen LogP contribution is 2.24. The summed E-state index contributed by atoms with van der Waals surface area (Å²) in [4.78, 5) is 19.0. The van der Waals surface area contributed by atoms with E-state index in [9.17, 15) is 4.79 Å². The van der Waals surface area contributed by atoms with E-state index in [2.05, 4.69) is 29.0 Å². The van der Waals surface area contributed by atoms with E-state index >= 15 is 0 Å². The average Bonchev–Trinajstić information content (AvgIpc) is 3.06. The second-order valence-electron chi connectivity index (χ2n) is 7.26. The maximum atomic E-state index is 12.1. The third-order valence-corrected chi connectivity index (χ3v) is 5.29. The van der Waals surface area contributed by atoms with Crippen molar-refractivity contribution in [3.63, 3.8) is 0 Å². The van der Waals surface area contributed by atoms with Crippen LogP contribution in [0, 0.1) is 23.2 Å². The third kappa shape index (κ3) is 5.78. The third-order valence-electron chi connectivity index (χ3n) is 4.48. The van der Waals surface area contributed by atoms with Gasteiger partial charge in [0.2, 0.25) is 0 Å². The minimum absolute atomic E-state index is 0.0953. The van der Waals surface area contributed by atoms with Crippen LogP contribution in [0.4, 0.5) is 5.13 Å². The number of nitrogens with zero attached hydrogens (tertiary/aromatic N) is 3. The Morgan fingerprint density at radius 3 is 2.70 bits per heavy atom. The summed E-state index contributed by atoms with van der Waals surface area (Å²) in [5, 5.41) is 14.2. The number of amides is 1. The fourth-order valence-electron chi connectivity index (χ4n) is 3.52. The number of likely N-dealkylation sites (tertiary alicyclic amines) is 1. The van der Waals surface area contributed by atoms with Crippen LogP contribution in [-0.4, -0.2) is 35.5 Å². The highest BCUT2D eigenvalue weighted by molar-refractivity contribution is 7.13. The summed E-state index contributed by atoms with van der Waals surface area (Å²) in [5.74, 6) is 1.73. The Bertz CT molecular complexity index is 802. The number of carbonyl (C=O) groups excluding carboxylic acids is 1. The largest absolute Gasteiger partial charge is 0.484 e. The van der Waals surface area contributed by atoms with Gasteiger partial charge in [0.1, 0.15) is 5.75 Å². The molecule has 2 atom stereocenters. The van der Waals surface area contributed by atoms with Gasteiger partial charge in [-0.15, -0.1) is 11.3 Å². The van der Waals surface area contributed by atoms with Gasteiger partial charge >= 0.3 is 0 Å². The lowest BCUT2D eigenvalue weighted by Crippen LogP contribution is -2.38. The maximum Gasteiger partial charge on any atom is 0.264 e. The molecule has 0 radical (unpaired) electrons. The normalized spacial score (nSPS) is 20.0. The Hall–Kier alpha value is -2.43. The van der Waals surface area contributed by atoms with Gasteiger partial charge in [-0.05, 0) is 42.5 Å². The summed E-state index contributed by atoms with van der Waals surface area (Å²) in [6.07, 6.45) is 1.29. The highest BCUT2D eigenvalue weighted by Gasteiger charge is 2.22. The van der Waals surface area contributed by atoms with Crippen LogP contribution in [0.15, 0.2) is 29.6 Å². The van der Waals surface area contributed by atoms with Gasteiger partial charge in [-0.3, -0.25) is 15.0 Å². The lowest BCUT2D eigenvalue weighted by atomic mass is 9.92. The predicted octanol–water partition coefficient (Wildman–Crippen LogP) is 3.51. The topological polar surface area (TPSA) is 78.3 Å². The SMILES string of the molecule is C[C@@H]1C[C@@H](C)CN(Cc2csc(NC(=O)COc3ccc(C#N)cc3)n2)C1. The molecule has 0 aliphatic carbocycles. The molecule has 0 saturated carbocycles. The van der Waals surface area contributed by atoms with Crippen molar-refractivity contribution in [3.8, 4) is 11.8 Å². The van der Waals surface area contributed by atoms with Crippen molar-refractivity contribution in [1.82, 2.24) is 9.88 Å². The lowest BCUT2D eigenvalue weighted by Gasteiger charge is -2.34. The number of benzene rings is 1. The molecule has 1 aliphatic rings. The molecule has 2 heterocycles. The molecular weight excluding hydrogens is 360 g/mol. The van der Waals surface area contributed by atoms with Gasteiger partial charge in [-0.25, -0.2) is 4.98 Å². The molecule has 1 aliphatic heterocycles. The molecule has 1 amide bonds. The fraction of sp³-hybridized carbons (Fsp3) is 0.450. The van der Waals surface area contributed by atoms with Gasteiger partial charge < -0.3 is 4.74 Å². The summed E-state index contributed by atoms with van der Waals surface area (Å²) >= 11 is 1.43. The first-order chi connectivity index (χ1) is 13.0.